The predicted molar refractivity (Wildman–Crippen MR) is 84.3 cm³/mol. The summed E-state index contributed by atoms with van der Waals surface area (Å²) in [5, 5.41) is 0. The molecule has 0 N–H and O–H groups in total. The molecule has 0 aliphatic carbocycles. The number of carbonyl (C=O) groups excluding carboxylic acids is 2. The summed E-state index contributed by atoms with van der Waals surface area (Å²) >= 11 is 7.11. The maximum atomic E-state index is 12.6. The van der Waals surface area contributed by atoms with E-state index in [0.717, 1.165) is 18.4 Å². The van der Waals surface area contributed by atoms with E-state index in [9.17, 15) is 9.59 Å². The van der Waals surface area contributed by atoms with Crippen LogP contribution in [0.5, 0.6) is 0 Å². The molecule has 0 unspecified atom stereocenters. The number of benzene rings is 1. The summed E-state index contributed by atoms with van der Waals surface area (Å²) < 4.78 is 0.589. The predicted octanol–water partition coefficient (Wildman–Crippen LogP) is 3.67. The number of fused-ring (bicyclic) bond motifs is 1. The standard InChI is InChI=1S/C16H14ClNO2S/c17-15-8-7-14(21-15)13(19)10-18-9-3-5-11-4-1-2-6-12(11)16(18)20/h1-2,4,6-8H,3,5,9-10H2. The van der Waals surface area contributed by atoms with Crippen molar-refractivity contribution in [2.75, 3.05) is 13.1 Å². The minimum atomic E-state index is -0.0564. The Labute approximate surface area is 132 Å². The number of Topliss-reactive ketones (excluding diaryl/α,β-unsaturated/α-hetero) is 1. The second-order valence-corrected chi connectivity index (χ2v) is 6.73. The number of hydrogen-bond donors (Lipinski definition) is 0. The van der Waals surface area contributed by atoms with Gasteiger partial charge in [-0.3, -0.25) is 9.59 Å². The van der Waals surface area contributed by atoms with Crippen molar-refractivity contribution in [3.05, 3.63) is 56.7 Å². The number of thiophene rings is 1. The van der Waals surface area contributed by atoms with Crippen LogP contribution in [-0.4, -0.2) is 29.7 Å². The van der Waals surface area contributed by atoms with Crippen LogP contribution in [0.1, 0.15) is 32.0 Å². The van der Waals surface area contributed by atoms with E-state index in [1.807, 2.05) is 24.3 Å². The molecule has 0 saturated carbocycles. The van der Waals surface area contributed by atoms with Gasteiger partial charge in [-0.15, -0.1) is 11.3 Å². The first-order chi connectivity index (χ1) is 10.1. The van der Waals surface area contributed by atoms with E-state index in [1.165, 1.54) is 11.3 Å². The van der Waals surface area contributed by atoms with Crippen LogP contribution in [0, 0.1) is 0 Å². The van der Waals surface area contributed by atoms with Gasteiger partial charge in [-0.1, -0.05) is 29.8 Å². The number of amides is 1. The molecule has 1 amide bonds. The largest absolute Gasteiger partial charge is 0.331 e. The van der Waals surface area contributed by atoms with E-state index in [4.69, 9.17) is 11.6 Å². The van der Waals surface area contributed by atoms with Gasteiger partial charge in [0.15, 0.2) is 5.78 Å². The zero-order chi connectivity index (χ0) is 14.8. The molecule has 3 rings (SSSR count). The summed E-state index contributed by atoms with van der Waals surface area (Å²) in [5.41, 5.74) is 1.78. The van der Waals surface area contributed by atoms with Gasteiger partial charge in [0.05, 0.1) is 15.8 Å². The smallest absolute Gasteiger partial charge is 0.254 e. The lowest BCUT2D eigenvalue weighted by Gasteiger charge is -2.19. The number of rotatable bonds is 3. The Balaban J connectivity index is 1.80. The number of hydrogen-bond acceptors (Lipinski definition) is 3. The third-order valence-corrected chi connectivity index (χ3v) is 4.86. The molecule has 0 radical (unpaired) electrons. The lowest BCUT2D eigenvalue weighted by Crippen LogP contribution is -2.35. The zero-order valence-electron chi connectivity index (χ0n) is 11.3. The highest BCUT2D eigenvalue weighted by Crippen LogP contribution is 2.23. The molecule has 1 aliphatic rings. The highest BCUT2D eigenvalue weighted by atomic mass is 35.5. The molecule has 0 fully saturated rings. The fraction of sp³-hybridized carbons (Fsp3) is 0.250. The van der Waals surface area contributed by atoms with Gasteiger partial charge in [-0.25, -0.2) is 0 Å². The average molecular weight is 320 g/mol. The number of aryl methyl sites for hydroxylation is 1. The van der Waals surface area contributed by atoms with Crippen LogP contribution in [0.25, 0.3) is 0 Å². The van der Waals surface area contributed by atoms with Gasteiger partial charge in [0.2, 0.25) is 0 Å². The van der Waals surface area contributed by atoms with Gasteiger partial charge in [0.25, 0.3) is 5.91 Å². The summed E-state index contributed by atoms with van der Waals surface area (Å²) in [4.78, 5) is 27.1. The Morgan fingerprint density at radius 3 is 2.81 bits per heavy atom. The van der Waals surface area contributed by atoms with E-state index in [0.29, 0.717) is 21.3 Å². The average Bonchev–Trinajstić information content (AvgIpc) is 2.86. The SMILES string of the molecule is O=C(CN1CCCc2ccccc2C1=O)c1ccc(Cl)s1. The van der Waals surface area contributed by atoms with Crippen LogP contribution in [-0.2, 0) is 6.42 Å². The van der Waals surface area contributed by atoms with Gasteiger partial charge in [-0.05, 0) is 36.6 Å². The number of carbonyl (C=O) groups is 2. The molecule has 2 aromatic rings. The molecular weight excluding hydrogens is 306 g/mol. The van der Waals surface area contributed by atoms with E-state index >= 15 is 0 Å². The Kier molecular flexibility index (Phi) is 4.08. The first-order valence-corrected chi connectivity index (χ1v) is 8.00. The second kappa shape index (κ2) is 6.00. The monoisotopic (exact) mass is 319 g/mol. The molecule has 0 spiro atoms. The van der Waals surface area contributed by atoms with Crippen LogP contribution in [0.2, 0.25) is 4.34 Å². The number of halogens is 1. The molecule has 1 aromatic carbocycles. The van der Waals surface area contributed by atoms with Gasteiger partial charge >= 0.3 is 0 Å². The second-order valence-electron chi connectivity index (χ2n) is 5.01. The van der Waals surface area contributed by atoms with Crippen molar-refractivity contribution < 1.29 is 9.59 Å². The van der Waals surface area contributed by atoms with Gasteiger partial charge in [-0.2, -0.15) is 0 Å². The van der Waals surface area contributed by atoms with Gasteiger partial charge in [0.1, 0.15) is 0 Å². The highest BCUT2D eigenvalue weighted by Gasteiger charge is 2.24. The van der Waals surface area contributed by atoms with E-state index in [1.54, 1.807) is 17.0 Å². The minimum absolute atomic E-state index is 0.0559. The van der Waals surface area contributed by atoms with E-state index < -0.39 is 0 Å². The molecule has 0 bridgehead atoms. The summed E-state index contributed by atoms with van der Waals surface area (Å²) in [6, 6.07) is 11.0. The lowest BCUT2D eigenvalue weighted by atomic mass is 10.0. The first-order valence-electron chi connectivity index (χ1n) is 6.81. The number of nitrogens with zero attached hydrogens (tertiary/aromatic N) is 1. The molecule has 108 valence electrons. The van der Waals surface area contributed by atoms with Crippen LogP contribution in [0.3, 0.4) is 0 Å². The zero-order valence-corrected chi connectivity index (χ0v) is 12.9. The summed E-state index contributed by atoms with van der Waals surface area (Å²) in [7, 11) is 0. The van der Waals surface area contributed by atoms with Crippen molar-refractivity contribution in [2.24, 2.45) is 0 Å². The minimum Gasteiger partial charge on any atom is -0.331 e. The van der Waals surface area contributed by atoms with Crippen molar-refractivity contribution in [1.82, 2.24) is 4.90 Å². The van der Waals surface area contributed by atoms with Crippen LogP contribution in [0.4, 0.5) is 0 Å². The number of ketones is 1. The van der Waals surface area contributed by atoms with Crippen molar-refractivity contribution in [1.29, 1.82) is 0 Å². The third kappa shape index (κ3) is 3.01. The fourth-order valence-electron chi connectivity index (χ4n) is 2.55. The van der Waals surface area contributed by atoms with Gasteiger partial charge < -0.3 is 4.90 Å². The molecule has 2 heterocycles. The molecule has 0 saturated heterocycles. The Hall–Kier alpha value is -1.65. The third-order valence-electron chi connectivity index (χ3n) is 3.59. The van der Waals surface area contributed by atoms with Crippen LogP contribution in [0.15, 0.2) is 36.4 Å². The molecule has 21 heavy (non-hydrogen) atoms. The maximum Gasteiger partial charge on any atom is 0.254 e. The topological polar surface area (TPSA) is 37.4 Å². The van der Waals surface area contributed by atoms with Crippen LogP contribution >= 0.6 is 22.9 Å². The first kappa shape index (κ1) is 14.3. The normalized spacial score (nSPS) is 14.7. The Bertz CT molecular complexity index is 695. The Morgan fingerprint density at radius 2 is 2.05 bits per heavy atom. The highest BCUT2D eigenvalue weighted by molar-refractivity contribution is 7.18. The van der Waals surface area contributed by atoms with Crippen molar-refractivity contribution >= 4 is 34.6 Å². The molecule has 1 aliphatic heterocycles. The lowest BCUT2D eigenvalue weighted by molar-refractivity contribution is 0.0715. The Morgan fingerprint density at radius 1 is 1.24 bits per heavy atom. The molecular formula is C16H14ClNO2S. The van der Waals surface area contributed by atoms with E-state index in [-0.39, 0.29) is 18.2 Å². The van der Waals surface area contributed by atoms with Crippen molar-refractivity contribution in [2.45, 2.75) is 12.8 Å². The fourth-order valence-corrected chi connectivity index (χ4v) is 3.52. The van der Waals surface area contributed by atoms with E-state index in [2.05, 4.69) is 0 Å². The van der Waals surface area contributed by atoms with Gasteiger partial charge in [0, 0.05) is 12.1 Å². The quantitative estimate of drug-likeness (QED) is 0.809. The summed E-state index contributed by atoms with van der Waals surface area (Å²) in [5.74, 6) is -0.112. The molecule has 0 atom stereocenters. The molecule has 3 nitrogen and oxygen atoms in total. The van der Waals surface area contributed by atoms with Crippen molar-refractivity contribution in [3.63, 3.8) is 0 Å². The van der Waals surface area contributed by atoms with Crippen LogP contribution < -0.4 is 0 Å². The maximum absolute atomic E-state index is 12.6. The summed E-state index contributed by atoms with van der Waals surface area (Å²) in [6.07, 6.45) is 1.75. The van der Waals surface area contributed by atoms with Crippen molar-refractivity contribution in [3.8, 4) is 0 Å². The summed E-state index contributed by atoms with van der Waals surface area (Å²) in [6.45, 7) is 0.725. The molecule has 1 aromatic heterocycles. The molecule has 5 heteroatoms.